The fourth-order valence-electron chi connectivity index (χ4n) is 3.70. The molecule has 1 aliphatic carbocycles. The van der Waals surface area contributed by atoms with Gasteiger partial charge in [-0.25, -0.2) is 4.79 Å². The Labute approximate surface area is 169 Å². The number of hydrogen-bond donors (Lipinski definition) is 1. The standard InChI is InChI=1S/C21H24ClNO5/c1-21(2)10-14(24)17-15(11-21)28-19(23)18(20(25)27-9-8-26-3)16(17)12-6-4-5-7-13(12)22/h4-7,16H,8-11,23H2,1-3H3/t16-/m0/s1. The number of carbonyl (C=O) groups excluding carboxylic acids is 2. The van der Waals surface area contributed by atoms with E-state index in [-0.39, 0.29) is 35.9 Å². The summed E-state index contributed by atoms with van der Waals surface area (Å²) in [5.74, 6) is -1.01. The molecule has 28 heavy (non-hydrogen) atoms. The van der Waals surface area contributed by atoms with Crippen LogP contribution in [0.5, 0.6) is 0 Å². The molecule has 0 amide bonds. The molecule has 1 aromatic carbocycles. The van der Waals surface area contributed by atoms with Crippen LogP contribution in [0.4, 0.5) is 0 Å². The molecule has 0 fully saturated rings. The van der Waals surface area contributed by atoms with Crippen molar-refractivity contribution >= 4 is 23.4 Å². The number of rotatable bonds is 5. The fraction of sp³-hybridized carbons (Fsp3) is 0.429. The Kier molecular flexibility index (Phi) is 5.82. The average Bonchev–Trinajstić information content (AvgIpc) is 2.60. The molecule has 3 rings (SSSR count). The smallest absolute Gasteiger partial charge is 0.340 e. The van der Waals surface area contributed by atoms with Crippen LogP contribution < -0.4 is 5.73 Å². The summed E-state index contributed by atoms with van der Waals surface area (Å²) in [7, 11) is 1.51. The minimum Gasteiger partial charge on any atom is -0.460 e. The van der Waals surface area contributed by atoms with Gasteiger partial charge in [0, 0.05) is 30.5 Å². The van der Waals surface area contributed by atoms with Gasteiger partial charge in [-0.05, 0) is 17.0 Å². The first-order valence-electron chi connectivity index (χ1n) is 9.09. The molecular weight excluding hydrogens is 382 g/mol. The van der Waals surface area contributed by atoms with Gasteiger partial charge in [-0.2, -0.15) is 0 Å². The monoisotopic (exact) mass is 405 g/mol. The molecule has 2 N–H and O–H groups in total. The van der Waals surface area contributed by atoms with Crippen LogP contribution in [-0.2, 0) is 23.8 Å². The topological polar surface area (TPSA) is 87.8 Å². The lowest BCUT2D eigenvalue weighted by Crippen LogP contribution is -2.36. The molecule has 150 valence electrons. The summed E-state index contributed by atoms with van der Waals surface area (Å²) < 4.78 is 16.0. The first-order chi connectivity index (χ1) is 13.2. The van der Waals surface area contributed by atoms with Crippen molar-refractivity contribution in [3.63, 3.8) is 0 Å². The highest BCUT2D eigenvalue weighted by atomic mass is 35.5. The largest absolute Gasteiger partial charge is 0.460 e. The second-order valence-corrected chi connectivity index (χ2v) is 8.15. The molecule has 1 aliphatic heterocycles. The Bertz CT molecular complexity index is 871. The minimum absolute atomic E-state index is 0.0587. The third kappa shape index (κ3) is 3.93. The van der Waals surface area contributed by atoms with Crippen LogP contribution in [0.3, 0.4) is 0 Å². The number of halogens is 1. The maximum absolute atomic E-state index is 13.1. The van der Waals surface area contributed by atoms with Gasteiger partial charge in [-0.15, -0.1) is 0 Å². The van der Waals surface area contributed by atoms with E-state index < -0.39 is 11.9 Å². The van der Waals surface area contributed by atoms with Crippen LogP contribution in [-0.4, -0.2) is 32.1 Å². The Balaban J connectivity index is 2.11. The van der Waals surface area contributed by atoms with E-state index in [0.29, 0.717) is 34.8 Å². The van der Waals surface area contributed by atoms with Crippen molar-refractivity contribution in [1.29, 1.82) is 0 Å². The average molecular weight is 406 g/mol. The highest BCUT2D eigenvalue weighted by molar-refractivity contribution is 6.31. The van der Waals surface area contributed by atoms with E-state index in [1.165, 1.54) is 7.11 Å². The summed E-state index contributed by atoms with van der Waals surface area (Å²) in [4.78, 5) is 25.9. The number of carbonyl (C=O) groups is 2. The lowest BCUT2D eigenvalue weighted by molar-refractivity contribution is -0.140. The van der Waals surface area contributed by atoms with Crippen molar-refractivity contribution in [2.24, 2.45) is 11.1 Å². The van der Waals surface area contributed by atoms with Crippen LogP contribution >= 0.6 is 11.6 Å². The van der Waals surface area contributed by atoms with Crippen molar-refractivity contribution in [1.82, 2.24) is 0 Å². The van der Waals surface area contributed by atoms with E-state index in [1.807, 2.05) is 13.8 Å². The third-order valence-corrected chi connectivity index (χ3v) is 5.26. The minimum atomic E-state index is -0.726. The number of Topliss-reactive ketones (excluding diaryl/α,β-unsaturated/α-hetero) is 1. The normalized spacial score (nSPS) is 21.3. The molecule has 0 aromatic heterocycles. The van der Waals surface area contributed by atoms with Gasteiger partial charge >= 0.3 is 5.97 Å². The Morgan fingerprint density at radius 1 is 1.29 bits per heavy atom. The van der Waals surface area contributed by atoms with Crippen LogP contribution in [0.15, 0.2) is 47.1 Å². The molecule has 7 heteroatoms. The second-order valence-electron chi connectivity index (χ2n) is 7.74. The number of benzene rings is 1. The predicted molar refractivity (Wildman–Crippen MR) is 104 cm³/mol. The summed E-state index contributed by atoms with van der Waals surface area (Å²) >= 11 is 6.43. The molecule has 2 aliphatic rings. The van der Waals surface area contributed by atoms with Gasteiger partial charge < -0.3 is 19.9 Å². The van der Waals surface area contributed by atoms with E-state index >= 15 is 0 Å². The summed E-state index contributed by atoms with van der Waals surface area (Å²) in [5.41, 5.74) is 7.03. The number of nitrogens with two attached hydrogens (primary N) is 1. The molecule has 0 unspecified atom stereocenters. The number of ether oxygens (including phenoxy) is 3. The van der Waals surface area contributed by atoms with Gasteiger partial charge in [0.05, 0.1) is 12.5 Å². The van der Waals surface area contributed by atoms with Gasteiger partial charge in [0.2, 0.25) is 5.88 Å². The Morgan fingerprint density at radius 3 is 2.68 bits per heavy atom. The zero-order chi connectivity index (χ0) is 20.5. The van der Waals surface area contributed by atoms with E-state index in [4.69, 9.17) is 31.5 Å². The van der Waals surface area contributed by atoms with Crippen molar-refractivity contribution in [3.8, 4) is 0 Å². The third-order valence-electron chi connectivity index (χ3n) is 4.91. The first-order valence-corrected chi connectivity index (χ1v) is 9.47. The van der Waals surface area contributed by atoms with Crippen molar-refractivity contribution < 1.29 is 23.8 Å². The van der Waals surface area contributed by atoms with Gasteiger partial charge in [-0.3, -0.25) is 4.79 Å². The van der Waals surface area contributed by atoms with Crippen LogP contribution in [0.1, 0.15) is 38.2 Å². The highest BCUT2D eigenvalue weighted by Crippen LogP contribution is 2.49. The van der Waals surface area contributed by atoms with Crippen LogP contribution in [0.25, 0.3) is 0 Å². The molecule has 0 saturated carbocycles. The SMILES string of the molecule is COCCOC(=O)C1=C(N)OC2=C(C(=O)CC(C)(C)C2)[C@@H]1c1ccccc1Cl. The Morgan fingerprint density at radius 2 is 2.00 bits per heavy atom. The summed E-state index contributed by atoms with van der Waals surface area (Å²) in [6, 6.07) is 7.09. The molecular formula is C21H24ClNO5. The maximum Gasteiger partial charge on any atom is 0.340 e. The van der Waals surface area contributed by atoms with Crippen LogP contribution in [0.2, 0.25) is 5.02 Å². The molecule has 0 bridgehead atoms. The summed E-state index contributed by atoms with van der Waals surface area (Å²) in [6.07, 6.45) is 0.893. The van der Waals surface area contributed by atoms with E-state index in [9.17, 15) is 9.59 Å². The summed E-state index contributed by atoms with van der Waals surface area (Å²) in [5, 5.41) is 0.439. The quantitative estimate of drug-likeness (QED) is 0.596. The molecule has 1 aromatic rings. The number of allylic oxidation sites excluding steroid dienone is 2. The molecule has 0 radical (unpaired) electrons. The number of methoxy groups -OCH3 is 1. The van der Waals surface area contributed by atoms with Gasteiger partial charge in [0.15, 0.2) is 5.78 Å². The summed E-state index contributed by atoms with van der Waals surface area (Å²) in [6.45, 7) is 4.31. The second kappa shape index (κ2) is 7.97. The zero-order valence-electron chi connectivity index (χ0n) is 16.2. The van der Waals surface area contributed by atoms with Crippen molar-refractivity contribution in [2.45, 2.75) is 32.6 Å². The zero-order valence-corrected chi connectivity index (χ0v) is 17.0. The number of esters is 1. The molecule has 0 saturated heterocycles. The maximum atomic E-state index is 13.1. The lowest BCUT2D eigenvalue weighted by atomic mass is 9.70. The van der Waals surface area contributed by atoms with E-state index in [0.717, 1.165) is 0 Å². The van der Waals surface area contributed by atoms with E-state index in [2.05, 4.69) is 0 Å². The van der Waals surface area contributed by atoms with Gasteiger partial charge in [0.1, 0.15) is 17.9 Å². The lowest BCUT2D eigenvalue weighted by Gasteiger charge is -2.38. The number of hydrogen-bond acceptors (Lipinski definition) is 6. The van der Waals surface area contributed by atoms with E-state index in [1.54, 1.807) is 24.3 Å². The molecule has 1 heterocycles. The van der Waals surface area contributed by atoms with Crippen LogP contribution in [0, 0.1) is 5.41 Å². The number of ketones is 1. The Hall–Kier alpha value is -2.31. The fourth-order valence-corrected chi connectivity index (χ4v) is 3.94. The predicted octanol–water partition coefficient (Wildman–Crippen LogP) is 3.46. The van der Waals surface area contributed by atoms with Gasteiger partial charge in [-0.1, -0.05) is 43.6 Å². The highest BCUT2D eigenvalue weighted by Gasteiger charge is 2.45. The van der Waals surface area contributed by atoms with Crippen molar-refractivity contribution in [2.75, 3.05) is 20.3 Å². The molecule has 1 atom stereocenters. The molecule has 6 nitrogen and oxygen atoms in total. The first kappa shape index (κ1) is 20.4. The van der Waals surface area contributed by atoms with Gasteiger partial charge in [0.25, 0.3) is 0 Å². The van der Waals surface area contributed by atoms with Crippen molar-refractivity contribution in [3.05, 3.63) is 57.6 Å². The molecule has 0 spiro atoms.